The van der Waals surface area contributed by atoms with Crippen molar-refractivity contribution in [3.05, 3.63) is 21.7 Å². The van der Waals surface area contributed by atoms with Gasteiger partial charge >= 0.3 is 5.97 Å². The van der Waals surface area contributed by atoms with Crippen LogP contribution in [0.1, 0.15) is 11.3 Å². The van der Waals surface area contributed by atoms with Crippen LogP contribution in [0, 0.1) is 6.92 Å². The SMILES string of the molecule is Cc1o[nH]c(=O)c1CC(N)C(=O)O.O. The lowest BCUT2D eigenvalue weighted by molar-refractivity contribution is -0.138. The van der Waals surface area contributed by atoms with Crippen molar-refractivity contribution in [1.82, 2.24) is 5.16 Å². The van der Waals surface area contributed by atoms with Crippen LogP contribution in [0.3, 0.4) is 0 Å². The quantitative estimate of drug-likeness (QED) is 0.544. The molecule has 0 radical (unpaired) electrons. The van der Waals surface area contributed by atoms with Crippen LogP contribution in [-0.2, 0) is 11.2 Å². The second-order valence-corrected chi connectivity index (χ2v) is 2.72. The third-order valence-corrected chi connectivity index (χ3v) is 1.74. The maximum absolute atomic E-state index is 11.0. The molecule has 1 rings (SSSR count). The number of carbonyl (C=O) groups is 1. The van der Waals surface area contributed by atoms with Gasteiger partial charge in [-0.3, -0.25) is 9.59 Å². The van der Waals surface area contributed by atoms with Gasteiger partial charge in [0, 0.05) is 6.42 Å². The molecule has 6 N–H and O–H groups in total. The van der Waals surface area contributed by atoms with Gasteiger partial charge in [0.25, 0.3) is 5.56 Å². The zero-order chi connectivity index (χ0) is 10.0. The molecule has 0 fully saturated rings. The Morgan fingerprint density at radius 3 is 2.64 bits per heavy atom. The number of nitrogens with two attached hydrogens (primary N) is 1. The molecule has 0 saturated heterocycles. The topological polar surface area (TPSA) is 141 Å². The zero-order valence-corrected chi connectivity index (χ0v) is 7.53. The third kappa shape index (κ3) is 2.44. The molecule has 0 aromatic carbocycles. The van der Waals surface area contributed by atoms with E-state index >= 15 is 0 Å². The summed E-state index contributed by atoms with van der Waals surface area (Å²) in [6.07, 6.45) is -0.0208. The number of carboxylic acid groups (broad SMARTS) is 1. The fraction of sp³-hybridized carbons (Fsp3) is 0.429. The summed E-state index contributed by atoms with van der Waals surface area (Å²) in [4.78, 5) is 21.4. The monoisotopic (exact) mass is 204 g/mol. The first kappa shape index (κ1) is 12.4. The minimum atomic E-state index is -1.14. The Bertz CT molecular complexity index is 366. The first-order valence-electron chi connectivity index (χ1n) is 3.67. The van der Waals surface area contributed by atoms with Crippen LogP contribution in [-0.4, -0.2) is 27.8 Å². The molecule has 0 aliphatic carbocycles. The summed E-state index contributed by atoms with van der Waals surface area (Å²) in [6, 6.07) is -1.07. The van der Waals surface area contributed by atoms with E-state index in [9.17, 15) is 9.59 Å². The highest BCUT2D eigenvalue weighted by atomic mass is 16.5. The molecule has 1 aromatic rings. The number of aryl methyl sites for hydroxylation is 1. The first-order chi connectivity index (χ1) is 6.02. The van der Waals surface area contributed by atoms with Crippen molar-refractivity contribution in [2.75, 3.05) is 0 Å². The molecule has 7 nitrogen and oxygen atoms in total. The standard InChI is InChI=1S/C7H10N2O4.H2O/c1-3-4(6(10)9-13-3)2-5(8)7(11)12;/h5H,2,8H2,1H3,(H,9,10)(H,11,12);1H2. The van der Waals surface area contributed by atoms with Crippen LogP contribution in [0.15, 0.2) is 9.32 Å². The average molecular weight is 204 g/mol. The molecule has 1 heterocycles. The average Bonchev–Trinajstić information content (AvgIpc) is 2.35. The van der Waals surface area contributed by atoms with Gasteiger partial charge in [0.15, 0.2) is 0 Å². The number of aromatic amines is 1. The maximum atomic E-state index is 11.0. The van der Waals surface area contributed by atoms with Crippen molar-refractivity contribution in [3.8, 4) is 0 Å². The van der Waals surface area contributed by atoms with Crippen LogP contribution in [0.2, 0.25) is 0 Å². The predicted molar refractivity (Wildman–Crippen MR) is 47.0 cm³/mol. The molecule has 1 unspecified atom stereocenters. The van der Waals surface area contributed by atoms with Gasteiger partial charge in [0.1, 0.15) is 11.8 Å². The van der Waals surface area contributed by atoms with Gasteiger partial charge in [0.2, 0.25) is 0 Å². The van der Waals surface area contributed by atoms with E-state index in [1.54, 1.807) is 6.92 Å². The highest BCUT2D eigenvalue weighted by Gasteiger charge is 2.17. The van der Waals surface area contributed by atoms with Crippen molar-refractivity contribution in [3.63, 3.8) is 0 Å². The van der Waals surface area contributed by atoms with E-state index in [4.69, 9.17) is 10.8 Å². The van der Waals surface area contributed by atoms with Gasteiger partial charge in [-0.05, 0) is 6.92 Å². The molecular weight excluding hydrogens is 192 g/mol. The third-order valence-electron chi connectivity index (χ3n) is 1.74. The van der Waals surface area contributed by atoms with Crippen LogP contribution in [0.4, 0.5) is 0 Å². The second kappa shape index (κ2) is 4.58. The molecule has 14 heavy (non-hydrogen) atoms. The van der Waals surface area contributed by atoms with Crippen LogP contribution in [0.5, 0.6) is 0 Å². The number of carboxylic acids is 1. The number of aromatic nitrogens is 1. The Morgan fingerprint density at radius 1 is 1.71 bits per heavy atom. The smallest absolute Gasteiger partial charge is 0.320 e. The van der Waals surface area contributed by atoms with Gasteiger partial charge in [-0.1, -0.05) is 0 Å². The van der Waals surface area contributed by atoms with Crippen LogP contribution < -0.4 is 11.3 Å². The number of hydrogen-bond acceptors (Lipinski definition) is 4. The molecule has 0 aliphatic heterocycles. The van der Waals surface area contributed by atoms with Crippen LogP contribution >= 0.6 is 0 Å². The Labute approximate surface area is 78.8 Å². The van der Waals surface area contributed by atoms with Crippen molar-refractivity contribution < 1.29 is 19.9 Å². The Morgan fingerprint density at radius 2 is 2.29 bits per heavy atom. The summed E-state index contributed by atoms with van der Waals surface area (Å²) >= 11 is 0. The van der Waals surface area contributed by atoms with E-state index in [0.717, 1.165) is 0 Å². The number of nitrogens with one attached hydrogen (secondary N) is 1. The maximum Gasteiger partial charge on any atom is 0.320 e. The van der Waals surface area contributed by atoms with Gasteiger partial charge in [0.05, 0.1) is 5.56 Å². The molecule has 0 amide bonds. The minimum Gasteiger partial charge on any atom is -0.480 e. The Hall–Kier alpha value is -1.60. The van der Waals surface area contributed by atoms with Gasteiger partial charge in [-0.25, -0.2) is 0 Å². The first-order valence-corrected chi connectivity index (χ1v) is 3.67. The second-order valence-electron chi connectivity index (χ2n) is 2.72. The van der Waals surface area contributed by atoms with E-state index in [0.29, 0.717) is 5.76 Å². The fourth-order valence-corrected chi connectivity index (χ4v) is 0.950. The molecule has 0 bridgehead atoms. The summed E-state index contributed by atoms with van der Waals surface area (Å²) in [5, 5.41) is 10.6. The van der Waals surface area contributed by atoms with E-state index in [1.807, 2.05) is 0 Å². The Balaban J connectivity index is 0.00000169. The van der Waals surface area contributed by atoms with E-state index in [-0.39, 0.29) is 17.5 Å². The van der Waals surface area contributed by atoms with Crippen LogP contribution in [0.25, 0.3) is 0 Å². The van der Waals surface area contributed by atoms with Crippen molar-refractivity contribution in [1.29, 1.82) is 0 Å². The lowest BCUT2D eigenvalue weighted by Crippen LogP contribution is -2.33. The largest absolute Gasteiger partial charge is 0.480 e. The summed E-state index contributed by atoms with van der Waals surface area (Å²) < 4.78 is 4.69. The summed E-state index contributed by atoms with van der Waals surface area (Å²) in [6.45, 7) is 1.57. The van der Waals surface area contributed by atoms with E-state index in [1.165, 1.54) is 0 Å². The molecule has 0 spiro atoms. The zero-order valence-electron chi connectivity index (χ0n) is 7.53. The summed E-state index contributed by atoms with van der Waals surface area (Å²) in [5.74, 6) is -0.762. The normalized spacial score (nSPS) is 11.9. The summed E-state index contributed by atoms with van der Waals surface area (Å²) in [5.41, 5.74) is 5.12. The molecule has 0 saturated carbocycles. The Kier molecular flexibility index (Phi) is 4.06. The highest BCUT2D eigenvalue weighted by Crippen LogP contribution is 2.03. The summed E-state index contributed by atoms with van der Waals surface area (Å²) in [7, 11) is 0. The van der Waals surface area contributed by atoms with Gasteiger partial charge in [-0.2, -0.15) is 5.16 Å². The van der Waals surface area contributed by atoms with Crippen molar-refractivity contribution in [2.45, 2.75) is 19.4 Å². The molecule has 0 aliphatic rings. The minimum absolute atomic E-state index is 0. The van der Waals surface area contributed by atoms with Crippen molar-refractivity contribution in [2.24, 2.45) is 5.73 Å². The van der Waals surface area contributed by atoms with E-state index < -0.39 is 17.6 Å². The van der Waals surface area contributed by atoms with E-state index in [2.05, 4.69) is 9.68 Å². The lowest BCUT2D eigenvalue weighted by atomic mass is 10.1. The number of hydrogen-bond donors (Lipinski definition) is 3. The molecule has 1 atom stereocenters. The van der Waals surface area contributed by atoms with Gasteiger partial charge < -0.3 is 20.8 Å². The fourth-order valence-electron chi connectivity index (χ4n) is 0.950. The molecule has 7 heteroatoms. The number of H-pyrrole nitrogens is 1. The highest BCUT2D eigenvalue weighted by molar-refractivity contribution is 5.73. The predicted octanol–water partition coefficient (Wildman–Crippen LogP) is -1.59. The van der Waals surface area contributed by atoms with Gasteiger partial charge in [-0.15, -0.1) is 0 Å². The molecule has 1 aromatic heterocycles. The molecule has 80 valence electrons. The van der Waals surface area contributed by atoms with Crippen molar-refractivity contribution >= 4 is 5.97 Å². The lowest BCUT2D eigenvalue weighted by Gasteiger charge is -2.02. The number of aliphatic carboxylic acids is 1. The molecular formula is C7H12N2O5. The number of rotatable bonds is 3.